The highest BCUT2D eigenvalue weighted by Crippen LogP contribution is 2.23. The van der Waals surface area contributed by atoms with Crippen LogP contribution in [0.25, 0.3) is 0 Å². The number of rotatable bonds is 3. The summed E-state index contributed by atoms with van der Waals surface area (Å²) in [4.78, 5) is 6.68. The van der Waals surface area contributed by atoms with Crippen molar-refractivity contribution in [3.63, 3.8) is 0 Å². The van der Waals surface area contributed by atoms with Crippen molar-refractivity contribution in [2.75, 3.05) is 18.0 Å². The molecule has 1 aromatic heterocycles. The minimum absolute atomic E-state index is 0.0334. The van der Waals surface area contributed by atoms with Gasteiger partial charge < -0.3 is 15.1 Å². The van der Waals surface area contributed by atoms with Crippen molar-refractivity contribution in [1.29, 1.82) is 0 Å². The molecule has 1 aliphatic heterocycles. The average molecular weight is 236 g/mol. The van der Waals surface area contributed by atoms with Crippen LogP contribution in [0, 0.1) is 0 Å². The number of hydrogen-bond acceptors (Lipinski definition) is 4. The summed E-state index contributed by atoms with van der Waals surface area (Å²) in [5.41, 5.74) is 1.88. The second-order valence-electron chi connectivity index (χ2n) is 4.96. The fraction of sp³-hybridized carbons (Fsp3) is 0.615. The molecule has 17 heavy (non-hydrogen) atoms. The van der Waals surface area contributed by atoms with Gasteiger partial charge in [-0.25, -0.2) is 4.98 Å². The summed E-state index contributed by atoms with van der Waals surface area (Å²) in [6.07, 6.45) is 0.541. The fourth-order valence-electron chi connectivity index (χ4n) is 2.09. The molecule has 2 N–H and O–H groups in total. The van der Waals surface area contributed by atoms with Gasteiger partial charge in [0.05, 0.1) is 12.7 Å². The van der Waals surface area contributed by atoms with E-state index < -0.39 is 0 Å². The van der Waals surface area contributed by atoms with Gasteiger partial charge in [0.25, 0.3) is 0 Å². The largest absolute Gasteiger partial charge is 0.392 e. The van der Waals surface area contributed by atoms with E-state index in [-0.39, 0.29) is 12.7 Å². The normalized spacial score (nSPS) is 20.3. The van der Waals surface area contributed by atoms with Crippen LogP contribution in [-0.4, -0.2) is 34.4 Å². The summed E-state index contributed by atoms with van der Waals surface area (Å²) >= 11 is 0. The van der Waals surface area contributed by atoms with Gasteiger partial charge >= 0.3 is 0 Å². The zero-order chi connectivity index (χ0) is 12.4. The molecular formula is C13H20N2O2. The Morgan fingerprint density at radius 1 is 1.47 bits per heavy atom. The highest BCUT2D eigenvalue weighted by Gasteiger charge is 2.22. The van der Waals surface area contributed by atoms with Crippen molar-refractivity contribution >= 4 is 5.82 Å². The van der Waals surface area contributed by atoms with Crippen molar-refractivity contribution in [3.8, 4) is 0 Å². The van der Waals surface area contributed by atoms with E-state index in [2.05, 4.69) is 23.7 Å². The number of anilines is 1. The molecule has 0 spiro atoms. The molecule has 1 aromatic rings. The van der Waals surface area contributed by atoms with E-state index in [1.165, 1.54) is 0 Å². The van der Waals surface area contributed by atoms with E-state index in [1.807, 2.05) is 12.1 Å². The molecule has 0 radical (unpaired) electrons. The Balaban J connectivity index is 2.29. The van der Waals surface area contributed by atoms with Crippen LogP contribution in [0.1, 0.15) is 37.4 Å². The van der Waals surface area contributed by atoms with E-state index in [1.54, 1.807) is 0 Å². The zero-order valence-electron chi connectivity index (χ0n) is 10.4. The van der Waals surface area contributed by atoms with E-state index in [0.717, 1.165) is 30.0 Å². The predicted molar refractivity (Wildman–Crippen MR) is 67.1 cm³/mol. The predicted octanol–water partition coefficient (Wildman–Crippen LogP) is 1.27. The zero-order valence-corrected chi connectivity index (χ0v) is 10.4. The first kappa shape index (κ1) is 12.3. The molecule has 4 nitrogen and oxygen atoms in total. The molecule has 94 valence electrons. The Kier molecular flexibility index (Phi) is 3.64. The lowest BCUT2D eigenvalue weighted by Gasteiger charge is -2.19. The second-order valence-corrected chi connectivity index (χ2v) is 4.96. The van der Waals surface area contributed by atoms with Crippen molar-refractivity contribution in [3.05, 3.63) is 23.4 Å². The van der Waals surface area contributed by atoms with Gasteiger partial charge in [0.2, 0.25) is 0 Å². The lowest BCUT2D eigenvalue weighted by Crippen LogP contribution is -2.22. The first-order valence-electron chi connectivity index (χ1n) is 6.15. The van der Waals surface area contributed by atoms with E-state index in [9.17, 15) is 10.2 Å². The van der Waals surface area contributed by atoms with Crippen LogP contribution < -0.4 is 4.90 Å². The monoisotopic (exact) mass is 236 g/mol. The first-order chi connectivity index (χ1) is 8.10. The lowest BCUT2D eigenvalue weighted by molar-refractivity contribution is 0.198. The SMILES string of the molecule is CC(C)c1cc(CO)cc(N2CCC(O)C2)n1. The Bertz CT molecular complexity index is 393. The van der Waals surface area contributed by atoms with Gasteiger partial charge in [0, 0.05) is 18.8 Å². The standard InChI is InChI=1S/C13H20N2O2/c1-9(2)12-5-10(8-16)6-13(14-12)15-4-3-11(17)7-15/h5-6,9,11,16-17H,3-4,7-8H2,1-2H3. The number of aliphatic hydroxyl groups excluding tert-OH is 2. The quantitative estimate of drug-likeness (QED) is 0.829. The number of hydrogen-bond donors (Lipinski definition) is 2. The van der Waals surface area contributed by atoms with Crippen LogP contribution in [0.5, 0.6) is 0 Å². The maximum absolute atomic E-state index is 9.55. The maximum Gasteiger partial charge on any atom is 0.129 e. The Hall–Kier alpha value is -1.13. The van der Waals surface area contributed by atoms with E-state index in [4.69, 9.17) is 0 Å². The third-order valence-corrected chi connectivity index (χ3v) is 3.15. The smallest absolute Gasteiger partial charge is 0.129 e. The summed E-state index contributed by atoms with van der Waals surface area (Å²) in [6, 6.07) is 3.85. The van der Waals surface area contributed by atoms with Crippen LogP contribution in [0.15, 0.2) is 12.1 Å². The van der Waals surface area contributed by atoms with Crippen LogP contribution in [0.4, 0.5) is 5.82 Å². The molecule has 2 heterocycles. The average Bonchev–Trinajstić information content (AvgIpc) is 2.75. The third-order valence-electron chi connectivity index (χ3n) is 3.15. The van der Waals surface area contributed by atoms with Crippen molar-refractivity contribution < 1.29 is 10.2 Å². The number of pyridine rings is 1. The number of aromatic nitrogens is 1. The van der Waals surface area contributed by atoms with Gasteiger partial charge in [-0.05, 0) is 30.0 Å². The van der Waals surface area contributed by atoms with Crippen LogP contribution in [0.2, 0.25) is 0 Å². The van der Waals surface area contributed by atoms with Gasteiger partial charge in [-0.15, -0.1) is 0 Å². The summed E-state index contributed by atoms with van der Waals surface area (Å²) in [7, 11) is 0. The van der Waals surface area contributed by atoms with E-state index >= 15 is 0 Å². The molecule has 0 saturated carbocycles. The molecule has 2 rings (SSSR count). The van der Waals surface area contributed by atoms with Crippen molar-refractivity contribution in [1.82, 2.24) is 4.98 Å². The van der Waals surface area contributed by atoms with Crippen molar-refractivity contribution in [2.45, 2.75) is 38.9 Å². The molecule has 1 saturated heterocycles. The third kappa shape index (κ3) is 2.76. The van der Waals surface area contributed by atoms with Gasteiger partial charge in [0.15, 0.2) is 0 Å². The van der Waals surface area contributed by atoms with Crippen LogP contribution in [0.3, 0.4) is 0 Å². The fourth-order valence-corrected chi connectivity index (χ4v) is 2.09. The molecule has 1 aliphatic rings. The van der Waals surface area contributed by atoms with Gasteiger partial charge in [0.1, 0.15) is 5.82 Å². The Morgan fingerprint density at radius 2 is 2.24 bits per heavy atom. The summed E-state index contributed by atoms with van der Waals surface area (Å²) in [5, 5.41) is 18.8. The minimum Gasteiger partial charge on any atom is -0.392 e. The minimum atomic E-state index is -0.253. The Labute approximate surface area is 102 Å². The van der Waals surface area contributed by atoms with Crippen LogP contribution in [-0.2, 0) is 6.61 Å². The molecule has 1 unspecified atom stereocenters. The van der Waals surface area contributed by atoms with Gasteiger partial charge in [-0.3, -0.25) is 0 Å². The number of aliphatic hydroxyl groups is 2. The molecule has 1 fully saturated rings. The van der Waals surface area contributed by atoms with Crippen LogP contribution >= 0.6 is 0 Å². The Morgan fingerprint density at radius 3 is 2.76 bits per heavy atom. The molecule has 0 bridgehead atoms. The lowest BCUT2D eigenvalue weighted by atomic mass is 10.1. The topological polar surface area (TPSA) is 56.6 Å². The number of nitrogens with zero attached hydrogens (tertiary/aromatic N) is 2. The molecule has 1 atom stereocenters. The maximum atomic E-state index is 9.55. The second kappa shape index (κ2) is 5.02. The molecule has 4 heteroatoms. The van der Waals surface area contributed by atoms with E-state index in [0.29, 0.717) is 12.5 Å². The van der Waals surface area contributed by atoms with Crippen molar-refractivity contribution in [2.24, 2.45) is 0 Å². The summed E-state index contributed by atoms with van der Waals surface area (Å²) in [6.45, 7) is 5.68. The highest BCUT2D eigenvalue weighted by atomic mass is 16.3. The molecule has 0 aromatic carbocycles. The number of β-amino-alcohol motifs (C(OH)–C–C–N with tert-alkyl or cyclic N) is 1. The first-order valence-corrected chi connectivity index (χ1v) is 6.15. The molecule has 0 amide bonds. The summed E-state index contributed by atoms with van der Waals surface area (Å²) in [5.74, 6) is 1.21. The molecular weight excluding hydrogens is 216 g/mol. The highest BCUT2D eigenvalue weighted by molar-refractivity contribution is 5.44. The molecule has 0 aliphatic carbocycles. The summed E-state index contributed by atoms with van der Waals surface area (Å²) < 4.78 is 0. The van der Waals surface area contributed by atoms with Gasteiger partial charge in [-0.1, -0.05) is 13.8 Å². The van der Waals surface area contributed by atoms with Gasteiger partial charge in [-0.2, -0.15) is 0 Å².